The molecule has 4 atom stereocenters. The van der Waals surface area contributed by atoms with Gasteiger partial charge in [-0.3, -0.25) is 9.78 Å². The third-order valence-corrected chi connectivity index (χ3v) is 6.14. The number of hydrogen-bond donors (Lipinski definition) is 1. The monoisotopic (exact) mass is 366 g/mol. The average molecular weight is 366 g/mol. The molecule has 6 heteroatoms. The predicted octanol–water partition coefficient (Wildman–Crippen LogP) is 2.06. The number of fused-ring (bicyclic) bond motifs is 1. The SMILES string of the molecule is C[C@@H]1CN(c2cc(=O)[nH]c(N3C[C@@H]4C[C@@H]4[C@@H]3Cc3ccccc3)n2)CCO1. The van der Waals surface area contributed by atoms with E-state index in [2.05, 4.69) is 52.0 Å². The lowest BCUT2D eigenvalue weighted by Crippen LogP contribution is -2.43. The molecule has 2 aromatic rings. The van der Waals surface area contributed by atoms with Gasteiger partial charge < -0.3 is 14.5 Å². The Morgan fingerprint density at radius 3 is 2.93 bits per heavy atom. The highest BCUT2D eigenvalue weighted by atomic mass is 16.5. The van der Waals surface area contributed by atoms with Crippen LogP contribution in [0.4, 0.5) is 11.8 Å². The van der Waals surface area contributed by atoms with Crippen molar-refractivity contribution in [2.24, 2.45) is 11.8 Å². The van der Waals surface area contributed by atoms with Crippen molar-refractivity contribution in [3.8, 4) is 0 Å². The van der Waals surface area contributed by atoms with Gasteiger partial charge in [-0.1, -0.05) is 30.3 Å². The number of nitrogens with one attached hydrogen (secondary N) is 1. The molecular formula is C21H26N4O2. The molecule has 27 heavy (non-hydrogen) atoms. The van der Waals surface area contributed by atoms with Gasteiger partial charge in [-0.05, 0) is 37.2 Å². The minimum atomic E-state index is -0.0758. The highest BCUT2D eigenvalue weighted by Gasteiger charge is 2.52. The Kier molecular flexibility index (Phi) is 4.16. The zero-order chi connectivity index (χ0) is 18.4. The number of morpholine rings is 1. The molecule has 142 valence electrons. The first-order valence-electron chi connectivity index (χ1n) is 9.96. The number of ether oxygens (including phenoxy) is 1. The van der Waals surface area contributed by atoms with Crippen LogP contribution < -0.4 is 15.4 Å². The van der Waals surface area contributed by atoms with Gasteiger partial charge in [0.2, 0.25) is 5.95 Å². The number of aromatic amines is 1. The van der Waals surface area contributed by atoms with Crippen LogP contribution in [0.3, 0.4) is 0 Å². The molecule has 2 aliphatic heterocycles. The molecule has 0 radical (unpaired) electrons. The Labute approximate surface area is 159 Å². The minimum Gasteiger partial charge on any atom is -0.375 e. The van der Waals surface area contributed by atoms with E-state index in [4.69, 9.17) is 9.72 Å². The number of aromatic nitrogens is 2. The number of hydrogen-bond acceptors (Lipinski definition) is 5. The lowest BCUT2D eigenvalue weighted by atomic mass is 10.0. The maximum Gasteiger partial charge on any atom is 0.254 e. The van der Waals surface area contributed by atoms with Crippen molar-refractivity contribution in [2.45, 2.75) is 31.9 Å². The first-order chi connectivity index (χ1) is 13.2. The highest BCUT2D eigenvalue weighted by molar-refractivity contribution is 5.47. The van der Waals surface area contributed by atoms with Crippen LogP contribution >= 0.6 is 0 Å². The Morgan fingerprint density at radius 1 is 1.26 bits per heavy atom. The smallest absolute Gasteiger partial charge is 0.254 e. The van der Waals surface area contributed by atoms with Crippen LogP contribution in [-0.4, -0.2) is 48.4 Å². The van der Waals surface area contributed by atoms with Crippen molar-refractivity contribution < 1.29 is 4.74 Å². The molecule has 3 fully saturated rings. The summed E-state index contributed by atoms with van der Waals surface area (Å²) < 4.78 is 5.63. The van der Waals surface area contributed by atoms with Gasteiger partial charge in [0.25, 0.3) is 5.56 Å². The van der Waals surface area contributed by atoms with E-state index in [0.29, 0.717) is 12.6 Å². The van der Waals surface area contributed by atoms with Crippen molar-refractivity contribution in [3.63, 3.8) is 0 Å². The van der Waals surface area contributed by atoms with E-state index < -0.39 is 0 Å². The zero-order valence-corrected chi connectivity index (χ0v) is 15.7. The average Bonchev–Trinajstić information content (AvgIpc) is 3.36. The van der Waals surface area contributed by atoms with E-state index in [1.807, 2.05) is 0 Å². The van der Waals surface area contributed by atoms with E-state index in [-0.39, 0.29) is 11.7 Å². The van der Waals surface area contributed by atoms with Gasteiger partial charge in [0.1, 0.15) is 5.82 Å². The number of piperidine rings is 1. The Balaban J connectivity index is 1.42. The molecule has 5 rings (SSSR count). The van der Waals surface area contributed by atoms with Crippen molar-refractivity contribution in [1.29, 1.82) is 0 Å². The molecule has 0 amide bonds. The van der Waals surface area contributed by atoms with Crippen LogP contribution in [0.5, 0.6) is 0 Å². The second-order valence-electron chi connectivity index (χ2n) is 8.12. The van der Waals surface area contributed by atoms with Crippen molar-refractivity contribution in [3.05, 3.63) is 52.3 Å². The summed E-state index contributed by atoms with van der Waals surface area (Å²) in [6, 6.07) is 12.7. The van der Waals surface area contributed by atoms with Crippen LogP contribution in [0, 0.1) is 11.8 Å². The summed E-state index contributed by atoms with van der Waals surface area (Å²) in [6.45, 7) is 5.28. The van der Waals surface area contributed by atoms with Gasteiger partial charge in [-0.25, -0.2) is 0 Å². The van der Waals surface area contributed by atoms with Gasteiger partial charge in [0, 0.05) is 31.7 Å². The molecule has 1 aromatic heterocycles. The summed E-state index contributed by atoms with van der Waals surface area (Å²) in [7, 11) is 0. The summed E-state index contributed by atoms with van der Waals surface area (Å²) in [5, 5.41) is 0. The van der Waals surface area contributed by atoms with Crippen LogP contribution in [0.2, 0.25) is 0 Å². The molecule has 3 aliphatic rings. The Morgan fingerprint density at radius 2 is 2.11 bits per heavy atom. The molecule has 2 saturated heterocycles. The quantitative estimate of drug-likeness (QED) is 0.898. The maximum absolute atomic E-state index is 12.4. The van der Waals surface area contributed by atoms with Crippen LogP contribution in [0.1, 0.15) is 18.9 Å². The number of benzene rings is 1. The van der Waals surface area contributed by atoms with Crippen LogP contribution in [0.15, 0.2) is 41.2 Å². The van der Waals surface area contributed by atoms with Crippen molar-refractivity contribution >= 4 is 11.8 Å². The molecule has 1 aliphatic carbocycles. The fourth-order valence-electron chi connectivity index (χ4n) is 4.69. The molecule has 0 spiro atoms. The number of nitrogens with zero attached hydrogens (tertiary/aromatic N) is 3. The first kappa shape index (κ1) is 16.8. The maximum atomic E-state index is 12.4. The fourth-order valence-corrected chi connectivity index (χ4v) is 4.69. The Bertz CT molecular complexity index is 868. The summed E-state index contributed by atoms with van der Waals surface area (Å²) in [5.74, 6) is 2.96. The zero-order valence-electron chi connectivity index (χ0n) is 15.7. The summed E-state index contributed by atoms with van der Waals surface area (Å²) in [6.07, 6.45) is 2.47. The minimum absolute atomic E-state index is 0.0758. The second kappa shape index (κ2) is 6.68. The molecule has 0 unspecified atom stereocenters. The summed E-state index contributed by atoms with van der Waals surface area (Å²) in [5.41, 5.74) is 1.27. The van der Waals surface area contributed by atoms with Crippen LogP contribution in [-0.2, 0) is 11.2 Å². The largest absolute Gasteiger partial charge is 0.375 e. The Hall–Kier alpha value is -2.34. The van der Waals surface area contributed by atoms with Gasteiger partial charge >= 0.3 is 0 Å². The number of H-pyrrole nitrogens is 1. The molecule has 0 bridgehead atoms. The topological polar surface area (TPSA) is 61.5 Å². The van der Waals surface area contributed by atoms with E-state index in [1.54, 1.807) is 6.07 Å². The lowest BCUT2D eigenvalue weighted by Gasteiger charge is -2.33. The standard InChI is InChI=1S/C21H26N4O2/c1-14-12-24(7-8-27-14)19-11-20(26)23-21(22-19)25-13-16-10-17(16)18(25)9-15-5-3-2-4-6-15/h2-6,11,14,16-18H,7-10,12-13H2,1H3,(H,22,23,26)/t14-,16+,17+,18+/m1/s1. The van der Waals surface area contributed by atoms with Gasteiger partial charge in [-0.2, -0.15) is 4.98 Å². The molecule has 1 aromatic carbocycles. The van der Waals surface area contributed by atoms with Crippen molar-refractivity contribution in [2.75, 3.05) is 36.0 Å². The van der Waals surface area contributed by atoms with Crippen LogP contribution in [0.25, 0.3) is 0 Å². The normalized spacial score (nSPS) is 29.7. The van der Waals surface area contributed by atoms with Gasteiger partial charge in [0.05, 0.1) is 12.7 Å². The third-order valence-electron chi connectivity index (χ3n) is 6.14. The third kappa shape index (κ3) is 3.34. The summed E-state index contributed by atoms with van der Waals surface area (Å²) >= 11 is 0. The molecule has 1 saturated carbocycles. The van der Waals surface area contributed by atoms with E-state index >= 15 is 0 Å². The lowest BCUT2D eigenvalue weighted by molar-refractivity contribution is 0.0529. The van der Waals surface area contributed by atoms with E-state index in [9.17, 15) is 4.79 Å². The highest BCUT2D eigenvalue weighted by Crippen LogP contribution is 2.51. The molecular weight excluding hydrogens is 340 g/mol. The van der Waals surface area contributed by atoms with E-state index in [1.165, 1.54) is 12.0 Å². The summed E-state index contributed by atoms with van der Waals surface area (Å²) in [4.78, 5) is 24.7. The van der Waals surface area contributed by atoms with Crippen molar-refractivity contribution in [1.82, 2.24) is 9.97 Å². The van der Waals surface area contributed by atoms with E-state index in [0.717, 1.165) is 49.7 Å². The van der Waals surface area contributed by atoms with Gasteiger partial charge in [-0.15, -0.1) is 0 Å². The first-order valence-corrected chi connectivity index (χ1v) is 9.96. The molecule has 3 heterocycles. The second-order valence-corrected chi connectivity index (χ2v) is 8.12. The molecule has 6 nitrogen and oxygen atoms in total. The van der Waals surface area contributed by atoms with Gasteiger partial charge in [0.15, 0.2) is 0 Å². The number of anilines is 2. The predicted molar refractivity (Wildman–Crippen MR) is 105 cm³/mol. The molecule has 1 N–H and O–H groups in total. The number of rotatable bonds is 4. The fraction of sp³-hybridized carbons (Fsp3) is 0.524.